The number of nitrogens with one attached hydrogen (secondary N) is 1. The van der Waals surface area contributed by atoms with E-state index in [4.69, 9.17) is 16.5 Å². The largest absolute Gasteiger partial charge is 0.480 e. The zero-order chi connectivity index (χ0) is 26.0. The van der Waals surface area contributed by atoms with Gasteiger partial charge in [0.05, 0.1) is 17.5 Å². The number of para-hydroxylation sites is 1. The number of rotatable bonds is 6. The van der Waals surface area contributed by atoms with Crippen LogP contribution in [0.3, 0.4) is 0 Å². The zero-order valence-corrected chi connectivity index (χ0v) is 20.0. The minimum absolute atomic E-state index is 0.0455. The van der Waals surface area contributed by atoms with Crippen LogP contribution in [0.5, 0.6) is 0 Å². The van der Waals surface area contributed by atoms with Crippen molar-refractivity contribution in [1.82, 2.24) is 4.90 Å². The molecule has 2 aromatic carbocycles. The fourth-order valence-corrected chi connectivity index (χ4v) is 4.63. The van der Waals surface area contributed by atoms with Gasteiger partial charge in [0.1, 0.15) is 17.9 Å². The average Bonchev–Trinajstić information content (AvgIpc) is 3.49. The summed E-state index contributed by atoms with van der Waals surface area (Å²) >= 11 is 6.24. The molecule has 36 heavy (non-hydrogen) atoms. The Labute approximate surface area is 211 Å². The van der Waals surface area contributed by atoms with Crippen LogP contribution in [0.4, 0.5) is 26.2 Å². The van der Waals surface area contributed by atoms with Gasteiger partial charge in [0.25, 0.3) is 0 Å². The van der Waals surface area contributed by atoms with Crippen LogP contribution in [0, 0.1) is 5.82 Å². The number of ether oxygens (including phenoxy) is 1. The highest BCUT2D eigenvalue weighted by Gasteiger charge is 2.42. The highest BCUT2D eigenvalue weighted by molar-refractivity contribution is 6.36. The highest BCUT2D eigenvalue weighted by Crippen LogP contribution is 2.31. The molecule has 0 aromatic heterocycles. The number of aliphatic carboxylic acids is 1. The van der Waals surface area contributed by atoms with Crippen molar-refractivity contribution in [2.45, 2.75) is 37.5 Å². The van der Waals surface area contributed by atoms with Crippen LogP contribution in [0.1, 0.15) is 19.3 Å². The number of urea groups is 1. The third-order valence-electron chi connectivity index (χ3n) is 6.28. The first kappa shape index (κ1) is 25.4. The molecular weight excluding hydrogens is 495 g/mol. The SMILES string of the molecule is COC1CC(C(=O)Nc2ccc(N3C(=O)CCC3C(=O)O)cc2F)N(C(=O)N(Cl)c2ccccc2)C1. The van der Waals surface area contributed by atoms with Crippen molar-refractivity contribution in [2.75, 3.05) is 28.3 Å². The second-order valence-corrected chi connectivity index (χ2v) is 8.81. The number of methoxy groups -OCH3 is 1. The smallest absolute Gasteiger partial charge is 0.340 e. The third-order valence-corrected chi connectivity index (χ3v) is 6.62. The molecule has 0 bridgehead atoms. The lowest BCUT2D eigenvalue weighted by atomic mass is 10.1. The Hall–Kier alpha value is -3.70. The van der Waals surface area contributed by atoms with Gasteiger partial charge in [0.15, 0.2) is 0 Å². The Morgan fingerprint density at radius 1 is 1.17 bits per heavy atom. The molecular formula is C24H24ClFN4O6. The average molecular weight is 519 g/mol. The maximum absolute atomic E-state index is 14.9. The Kier molecular flexibility index (Phi) is 7.41. The van der Waals surface area contributed by atoms with Crippen molar-refractivity contribution >= 4 is 52.7 Å². The summed E-state index contributed by atoms with van der Waals surface area (Å²) in [5, 5.41) is 11.8. The van der Waals surface area contributed by atoms with Gasteiger partial charge in [0, 0.05) is 44.0 Å². The van der Waals surface area contributed by atoms with E-state index in [1.54, 1.807) is 30.3 Å². The van der Waals surface area contributed by atoms with Gasteiger partial charge >= 0.3 is 12.0 Å². The molecule has 3 unspecified atom stereocenters. The van der Waals surface area contributed by atoms with Gasteiger partial charge in [-0.2, -0.15) is 0 Å². The van der Waals surface area contributed by atoms with Crippen molar-refractivity contribution in [3.63, 3.8) is 0 Å². The summed E-state index contributed by atoms with van der Waals surface area (Å²) in [6.07, 6.45) is -0.0762. The lowest BCUT2D eigenvalue weighted by Crippen LogP contribution is -2.47. The standard InChI is InChI=1S/C24H24ClFN4O6/c1-36-16-12-20(28(13-16)24(35)30(25)14-5-3-2-4-6-14)22(32)27-18-8-7-15(11-17(18)26)29-19(23(33)34)9-10-21(29)31/h2-8,11,16,19-20H,9-10,12-13H2,1H3,(H,27,32)(H,33,34). The quantitative estimate of drug-likeness (QED) is 0.567. The van der Waals surface area contributed by atoms with E-state index in [-0.39, 0.29) is 37.2 Å². The van der Waals surface area contributed by atoms with E-state index in [1.165, 1.54) is 24.1 Å². The summed E-state index contributed by atoms with van der Waals surface area (Å²) in [5.41, 5.74) is 0.321. The lowest BCUT2D eigenvalue weighted by molar-refractivity contribution is -0.138. The van der Waals surface area contributed by atoms with Crippen molar-refractivity contribution < 1.29 is 33.4 Å². The van der Waals surface area contributed by atoms with Gasteiger partial charge in [-0.1, -0.05) is 18.2 Å². The van der Waals surface area contributed by atoms with E-state index in [9.17, 15) is 28.7 Å². The topological polar surface area (TPSA) is 119 Å². The molecule has 10 nitrogen and oxygen atoms in total. The van der Waals surface area contributed by atoms with Gasteiger partial charge in [-0.15, -0.1) is 0 Å². The number of anilines is 3. The van der Waals surface area contributed by atoms with E-state index in [0.29, 0.717) is 5.69 Å². The van der Waals surface area contributed by atoms with Crippen molar-refractivity contribution in [1.29, 1.82) is 0 Å². The number of hydrogen-bond acceptors (Lipinski definition) is 5. The van der Waals surface area contributed by atoms with Crippen LogP contribution >= 0.6 is 11.8 Å². The Morgan fingerprint density at radius 3 is 2.53 bits per heavy atom. The molecule has 3 atom stereocenters. The molecule has 0 radical (unpaired) electrons. The van der Waals surface area contributed by atoms with Crippen molar-refractivity contribution in [3.05, 3.63) is 54.3 Å². The molecule has 2 aliphatic rings. The van der Waals surface area contributed by atoms with Gasteiger partial charge < -0.3 is 20.1 Å². The monoisotopic (exact) mass is 518 g/mol. The normalized spacial score (nSPS) is 21.5. The molecule has 0 saturated carbocycles. The number of likely N-dealkylation sites (tertiary alicyclic amines) is 1. The second-order valence-electron chi connectivity index (χ2n) is 8.47. The molecule has 4 amide bonds. The molecule has 2 fully saturated rings. The van der Waals surface area contributed by atoms with Crippen molar-refractivity contribution in [2.24, 2.45) is 0 Å². The molecule has 2 aromatic rings. The maximum Gasteiger partial charge on any atom is 0.340 e. The van der Waals surface area contributed by atoms with Crippen LogP contribution in [-0.4, -0.2) is 65.7 Å². The molecule has 4 rings (SSSR count). The number of amides is 4. The number of benzene rings is 2. The first-order valence-electron chi connectivity index (χ1n) is 11.2. The zero-order valence-electron chi connectivity index (χ0n) is 19.3. The molecule has 12 heteroatoms. The minimum atomic E-state index is -1.18. The second kappa shape index (κ2) is 10.5. The Bertz CT molecular complexity index is 1180. The number of nitrogens with zero attached hydrogens (tertiary/aromatic N) is 3. The summed E-state index contributed by atoms with van der Waals surface area (Å²) in [5.74, 6) is -3.10. The highest BCUT2D eigenvalue weighted by atomic mass is 35.5. The van der Waals surface area contributed by atoms with Gasteiger partial charge in [-0.25, -0.2) is 18.4 Å². The van der Waals surface area contributed by atoms with E-state index >= 15 is 0 Å². The van der Waals surface area contributed by atoms with Gasteiger partial charge in [-0.05, 0) is 36.8 Å². The summed E-state index contributed by atoms with van der Waals surface area (Å²) in [7, 11) is 1.46. The maximum atomic E-state index is 14.9. The lowest BCUT2D eigenvalue weighted by Gasteiger charge is -2.27. The Balaban J connectivity index is 1.51. The summed E-state index contributed by atoms with van der Waals surface area (Å²) in [6, 6.07) is 9.39. The number of hydrogen-bond donors (Lipinski definition) is 2. The van der Waals surface area contributed by atoms with Gasteiger partial charge in [-0.3, -0.25) is 14.5 Å². The molecule has 0 aliphatic carbocycles. The van der Waals surface area contributed by atoms with Crippen LogP contribution in [0.25, 0.3) is 0 Å². The molecule has 0 spiro atoms. The van der Waals surface area contributed by atoms with E-state index in [2.05, 4.69) is 5.32 Å². The van der Waals surface area contributed by atoms with Crippen LogP contribution in [0.2, 0.25) is 0 Å². The summed E-state index contributed by atoms with van der Waals surface area (Å²) in [6.45, 7) is 0.110. The van der Waals surface area contributed by atoms with Crippen LogP contribution in [0.15, 0.2) is 48.5 Å². The van der Waals surface area contributed by atoms with E-state index in [0.717, 1.165) is 15.4 Å². The first-order valence-corrected chi connectivity index (χ1v) is 11.5. The number of carboxylic acid groups (broad SMARTS) is 1. The number of carboxylic acids is 1. The minimum Gasteiger partial charge on any atom is -0.480 e. The summed E-state index contributed by atoms with van der Waals surface area (Å²) in [4.78, 5) is 52.1. The fourth-order valence-electron chi connectivity index (χ4n) is 4.42. The van der Waals surface area contributed by atoms with Gasteiger partial charge in [0.2, 0.25) is 11.8 Å². The van der Waals surface area contributed by atoms with Crippen molar-refractivity contribution in [3.8, 4) is 0 Å². The molecule has 2 N–H and O–H groups in total. The van der Waals surface area contributed by atoms with Crippen LogP contribution < -0.4 is 14.6 Å². The third kappa shape index (κ3) is 4.98. The Morgan fingerprint density at radius 2 is 1.89 bits per heavy atom. The molecule has 190 valence electrons. The number of halogens is 2. The number of carbonyl (C=O) groups excluding carboxylic acids is 3. The molecule has 2 aliphatic heterocycles. The first-order chi connectivity index (χ1) is 17.2. The fraction of sp³-hybridized carbons (Fsp3) is 0.333. The van der Waals surface area contributed by atoms with E-state index in [1.807, 2.05) is 0 Å². The summed E-state index contributed by atoms with van der Waals surface area (Å²) < 4.78 is 21.2. The van der Waals surface area contributed by atoms with E-state index < -0.39 is 47.8 Å². The number of carbonyl (C=O) groups is 4. The van der Waals surface area contributed by atoms with Crippen LogP contribution in [-0.2, 0) is 19.1 Å². The predicted octanol–water partition coefficient (Wildman–Crippen LogP) is 3.21. The predicted molar refractivity (Wildman–Crippen MR) is 129 cm³/mol. The molecule has 2 heterocycles. The molecule has 2 saturated heterocycles.